The molecule has 0 unspecified atom stereocenters. The molecule has 0 spiro atoms. The van der Waals surface area contributed by atoms with E-state index in [4.69, 9.17) is 0 Å². The number of hydrogen-bond donors (Lipinski definition) is 0. The molecule has 4 rings (SSSR count). The van der Waals surface area contributed by atoms with Crippen LogP contribution in [-0.4, -0.2) is 0 Å². The summed E-state index contributed by atoms with van der Waals surface area (Å²) in [5.74, 6) is 0. The van der Waals surface area contributed by atoms with Gasteiger partial charge in [0.2, 0.25) is 0 Å². The summed E-state index contributed by atoms with van der Waals surface area (Å²) in [6.07, 6.45) is 0. The maximum atomic E-state index is 3.56. The molecule has 0 heterocycles. The fourth-order valence-corrected chi connectivity index (χ4v) is 3.89. The van der Waals surface area contributed by atoms with E-state index in [-0.39, 0.29) is 0 Å². The Kier molecular flexibility index (Phi) is 5.55. The van der Waals surface area contributed by atoms with Crippen LogP contribution in [0.3, 0.4) is 0 Å². The van der Waals surface area contributed by atoms with Crippen LogP contribution in [0, 0.1) is 20.8 Å². The van der Waals surface area contributed by atoms with Gasteiger partial charge in [-0.15, -0.1) is 0 Å². The van der Waals surface area contributed by atoms with Crippen LogP contribution >= 0.6 is 15.9 Å². The highest BCUT2D eigenvalue weighted by Gasteiger charge is 2.14. The van der Waals surface area contributed by atoms with E-state index >= 15 is 0 Å². The van der Waals surface area contributed by atoms with Crippen LogP contribution in [0.1, 0.15) is 16.7 Å². The molecule has 4 aromatic rings. The predicted molar refractivity (Wildman–Crippen MR) is 128 cm³/mol. The van der Waals surface area contributed by atoms with E-state index in [1.165, 1.54) is 33.5 Å². The Bertz CT molecular complexity index is 1130. The van der Waals surface area contributed by atoms with Gasteiger partial charge >= 0.3 is 0 Å². The Morgan fingerprint density at radius 2 is 1.14 bits per heavy atom. The van der Waals surface area contributed by atoms with Crippen molar-refractivity contribution in [2.24, 2.45) is 0 Å². The van der Waals surface area contributed by atoms with E-state index in [1.54, 1.807) is 0 Å². The lowest BCUT2D eigenvalue weighted by Gasteiger charge is -2.27. The monoisotopic (exact) mass is 441 g/mol. The second-order valence-corrected chi connectivity index (χ2v) is 8.36. The van der Waals surface area contributed by atoms with Crippen molar-refractivity contribution in [2.45, 2.75) is 20.8 Å². The highest BCUT2D eigenvalue weighted by atomic mass is 79.9. The van der Waals surface area contributed by atoms with Crippen LogP contribution in [0.25, 0.3) is 11.1 Å². The molecule has 0 fully saturated rings. The molecule has 4 aromatic carbocycles. The zero-order valence-electron chi connectivity index (χ0n) is 17.0. The van der Waals surface area contributed by atoms with E-state index in [2.05, 4.69) is 133 Å². The Hall–Kier alpha value is -2.84. The highest BCUT2D eigenvalue weighted by Crippen LogP contribution is 2.38. The van der Waals surface area contributed by atoms with Gasteiger partial charge in [0.25, 0.3) is 0 Å². The number of rotatable bonds is 4. The number of hydrogen-bond acceptors (Lipinski definition) is 1. The zero-order chi connectivity index (χ0) is 20.4. The van der Waals surface area contributed by atoms with Gasteiger partial charge in [-0.1, -0.05) is 58.4 Å². The summed E-state index contributed by atoms with van der Waals surface area (Å²) in [7, 11) is 0. The normalized spacial score (nSPS) is 10.8. The number of halogens is 1. The maximum absolute atomic E-state index is 3.56. The van der Waals surface area contributed by atoms with E-state index < -0.39 is 0 Å². The van der Waals surface area contributed by atoms with Crippen LogP contribution in [0.4, 0.5) is 17.1 Å². The van der Waals surface area contributed by atoms with Gasteiger partial charge in [0, 0.05) is 21.5 Å². The summed E-state index contributed by atoms with van der Waals surface area (Å²) in [5.41, 5.74) is 9.85. The molecule has 0 aliphatic rings. The minimum Gasteiger partial charge on any atom is -0.310 e. The number of nitrogens with zero attached hydrogens (tertiary/aromatic N) is 1. The molecule has 29 heavy (non-hydrogen) atoms. The quantitative estimate of drug-likeness (QED) is 0.306. The van der Waals surface area contributed by atoms with E-state index in [0.29, 0.717) is 0 Å². The molecule has 0 saturated heterocycles. The van der Waals surface area contributed by atoms with Crippen LogP contribution in [-0.2, 0) is 0 Å². The Labute approximate surface area is 181 Å². The molecule has 0 aliphatic heterocycles. The van der Waals surface area contributed by atoms with Crippen LogP contribution < -0.4 is 4.90 Å². The van der Waals surface area contributed by atoms with Gasteiger partial charge in [-0.05, 0) is 97.1 Å². The molecule has 0 aliphatic carbocycles. The van der Waals surface area contributed by atoms with Crippen molar-refractivity contribution >= 4 is 33.0 Å². The smallest absolute Gasteiger partial charge is 0.0464 e. The van der Waals surface area contributed by atoms with Crippen LogP contribution in [0.2, 0.25) is 0 Å². The summed E-state index contributed by atoms with van der Waals surface area (Å²) in [6.45, 7) is 6.51. The summed E-state index contributed by atoms with van der Waals surface area (Å²) >= 11 is 3.56. The van der Waals surface area contributed by atoms with E-state index in [1.807, 2.05) is 0 Å². The molecule has 0 radical (unpaired) electrons. The minimum atomic E-state index is 1.08. The first-order chi connectivity index (χ1) is 14.0. The first-order valence-electron chi connectivity index (χ1n) is 9.82. The lowest BCUT2D eigenvalue weighted by atomic mass is 9.99. The third kappa shape index (κ3) is 4.13. The topological polar surface area (TPSA) is 3.24 Å². The first kappa shape index (κ1) is 19.5. The molecule has 0 N–H and O–H groups in total. The molecular formula is C27H24BrN. The summed E-state index contributed by atoms with van der Waals surface area (Å²) < 4.78 is 1.08. The molecule has 0 atom stereocenters. The standard InChI is InChI=1S/C27H24BrN/c1-19-9-12-25(17-20(19)2)29(24-13-10-23(28)11-14-24)26-15-16-27(21(3)18-26)22-7-5-4-6-8-22/h4-18H,1-3H3. The van der Waals surface area contributed by atoms with Gasteiger partial charge in [-0.2, -0.15) is 0 Å². The fraction of sp³-hybridized carbons (Fsp3) is 0.111. The summed E-state index contributed by atoms with van der Waals surface area (Å²) in [6, 6.07) is 32.4. The fourth-order valence-electron chi connectivity index (χ4n) is 3.63. The minimum absolute atomic E-state index is 1.08. The lowest BCUT2D eigenvalue weighted by molar-refractivity contribution is 1.24. The van der Waals surface area contributed by atoms with Crippen molar-refractivity contribution in [3.63, 3.8) is 0 Å². The number of benzene rings is 4. The highest BCUT2D eigenvalue weighted by molar-refractivity contribution is 9.10. The predicted octanol–water partition coefficient (Wildman–Crippen LogP) is 8.51. The number of aryl methyl sites for hydroxylation is 3. The third-order valence-corrected chi connectivity index (χ3v) is 5.92. The van der Waals surface area contributed by atoms with Gasteiger partial charge in [0.05, 0.1) is 0 Å². The van der Waals surface area contributed by atoms with Gasteiger partial charge in [-0.3, -0.25) is 0 Å². The Balaban J connectivity index is 1.84. The van der Waals surface area contributed by atoms with Crippen molar-refractivity contribution in [3.05, 3.63) is 112 Å². The molecule has 2 heteroatoms. The average Bonchev–Trinajstić information content (AvgIpc) is 2.73. The van der Waals surface area contributed by atoms with Crippen molar-refractivity contribution in [1.29, 1.82) is 0 Å². The van der Waals surface area contributed by atoms with Gasteiger partial charge in [-0.25, -0.2) is 0 Å². The molecule has 0 aromatic heterocycles. The van der Waals surface area contributed by atoms with Crippen molar-refractivity contribution in [3.8, 4) is 11.1 Å². The van der Waals surface area contributed by atoms with Gasteiger partial charge in [0.15, 0.2) is 0 Å². The molecule has 144 valence electrons. The maximum Gasteiger partial charge on any atom is 0.0464 e. The Morgan fingerprint density at radius 1 is 0.552 bits per heavy atom. The average molecular weight is 442 g/mol. The summed E-state index contributed by atoms with van der Waals surface area (Å²) in [4.78, 5) is 2.32. The SMILES string of the molecule is Cc1ccc(N(c2ccc(Br)cc2)c2ccc(-c3ccccc3)c(C)c2)cc1C. The van der Waals surface area contributed by atoms with Crippen molar-refractivity contribution < 1.29 is 0 Å². The van der Waals surface area contributed by atoms with Crippen LogP contribution in [0.5, 0.6) is 0 Å². The van der Waals surface area contributed by atoms with Crippen LogP contribution in [0.15, 0.2) is 95.5 Å². The van der Waals surface area contributed by atoms with E-state index in [9.17, 15) is 0 Å². The molecule has 0 saturated carbocycles. The zero-order valence-corrected chi connectivity index (χ0v) is 18.6. The molecule has 0 bridgehead atoms. The lowest BCUT2D eigenvalue weighted by Crippen LogP contribution is -2.10. The van der Waals surface area contributed by atoms with Gasteiger partial charge in [0.1, 0.15) is 0 Å². The second-order valence-electron chi connectivity index (χ2n) is 7.45. The molecule has 0 amide bonds. The van der Waals surface area contributed by atoms with Crippen molar-refractivity contribution in [2.75, 3.05) is 4.90 Å². The van der Waals surface area contributed by atoms with Gasteiger partial charge < -0.3 is 4.90 Å². The number of anilines is 3. The summed E-state index contributed by atoms with van der Waals surface area (Å²) in [5, 5.41) is 0. The van der Waals surface area contributed by atoms with Crippen molar-refractivity contribution in [1.82, 2.24) is 0 Å². The molecule has 1 nitrogen and oxygen atoms in total. The second kappa shape index (κ2) is 8.26. The third-order valence-electron chi connectivity index (χ3n) is 5.39. The molecular weight excluding hydrogens is 418 g/mol. The first-order valence-corrected chi connectivity index (χ1v) is 10.6. The van der Waals surface area contributed by atoms with E-state index in [0.717, 1.165) is 15.8 Å². The largest absolute Gasteiger partial charge is 0.310 e. The Morgan fingerprint density at radius 3 is 1.76 bits per heavy atom.